The molecule has 1 N–H and O–H groups in total. The van der Waals surface area contributed by atoms with Crippen molar-refractivity contribution in [1.29, 1.82) is 0 Å². The number of likely N-dealkylation sites (N-methyl/N-ethyl adjacent to an activating group) is 1. The second-order valence-electron chi connectivity index (χ2n) is 3.43. The Morgan fingerprint density at radius 1 is 1.35 bits per heavy atom. The molecule has 0 unspecified atom stereocenters. The lowest BCUT2D eigenvalue weighted by Gasteiger charge is -2.07. The summed E-state index contributed by atoms with van der Waals surface area (Å²) in [6.07, 6.45) is 0. The van der Waals surface area contributed by atoms with Crippen LogP contribution in [0.4, 0.5) is 0 Å². The van der Waals surface area contributed by atoms with Crippen LogP contribution in [0.3, 0.4) is 0 Å². The second kappa shape index (κ2) is 5.89. The highest BCUT2D eigenvalue weighted by molar-refractivity contribution is 5.91. The Morgan fingerprint density at radius 2 is 2.06 bits per heavy atom. The van der Waals surface area contributed by atoms with E-state index in [2.05, 4.69) is 5.32 Å². The molecule has 1 aromatic carbocycles. The molecule has 92 valence electrons. The lowest BCUT2D eigenvalue weighted by molar-refractivity contribution is -0.123. The Kier molecular flexibility index (Phi) is 4.51. The first-order valence-corrected chi connectivity index (χ1v) is 5.11. The van der Waals surface area contributed by atoms with Gasteiger partial charge in [-0.05, 0) is 24.6 Å². The van der Waals surface area contributed by atoms with Gasteiger partial charge in [0.15, 0.2) is 6.61 Å². The lowest BCUT2D eigenvalue weighted by atomic mass is 10.1. The summed E-state index contributed by atoms with van der Waals surface area (Å²) in [5.74, 6) is -0.288. The van der Waals surface area contributed by atoms with Crippen LogP contribution < -0.4 is 10.1 Å². The zero-order valence-corrected chi connectivity index (χ0v) is 10.1. The number of hydrogen-bond donors (Lipinski definition) is 1. The second-order valence-corrected chi connectivity index (χ2v) is 3.43. The van der Waals surface area contributed by atoms with Crippen LogP contribution in [0.2, 0.25) is 0 Å². The maximum atomic E-state index is 11.6. The Morgan fingerprint density at radius 3 is 2.65 bits per heavy atom. The van der Waals surface area contributed by atoms with Crippen LogP contribution in [0.15, 0.2) is 18.2 Å². The monoisotopic (exact) mass is 237 g/mol. The average Bonchev–Trinajstić information content (AvgIpc) is 2.35. The van der Waals surface area contributed by atoms with Gasteiger partial charge < -0.3 is 14.8 Å². The molecular weight excluding hydrogens is 222 g/mol. The van der Waals surface area contributed by atoms with Crippen molar-refractivity contribution in [2.75, 3.05) is 20.8 Å². The van der Waals surface area contributed by atoms with E-state index >= 15 is 0 Å². The number of rotatable bonds is 4. The number of carbonyl (C=O) groups is 2. The van der Waals surface area contributed by atoms with Crippen LogP contribution in [-0.2, 0) is 9.53 Å². The van der Waals surface area contributed by atoms with E-state index in [0.29, 0.717) is 11.3 Å². The number of nitrogens with one attached hydrogen (secondary N) is 1. The first-order chi connectivity index (χ1) is 8.08. The van der Waals surface area contributed by atoms with E-state index in [-0.39, 0.29) is 12.5 Å². The van der Waals surface area contributed by atoms with Crippen LogP contribution in [0.1, 0.15) is 15.9 Å². The third kappa shape index (κ3) is 3.48. The number of amides is 1. The minimum Gasteiger partial charge on any atom is -0.496 e. The highest BCUT2D eigenvalue weighted by Gasteiger charge is 2.11. The molecule has 0 saturated heterocycles. The van der Waals surface area contributed by atoms with E-state index in [1.165, 1.54) is 14.2 Å². The molecule has 1 rings (SSSR count). The molecule has 0 radical (unpaired) electrons. The van der Waals surface area contributed by atoms with Crippen LogP contribution in [0, 0.1) is 6.92 Å². The molecule has 0 aliphatic heterocycles. The largest absolute Gasteiger partial charge is 0.496 e. The third-order valence-corrected chi connectivity index (χ3v) is 2.26. The number of esters is 1. The molecule has 0 spiro atoms. The molecule has 0 aliphatic carbocycles. The van der Waals surface area contributed by atoms with E-state index in [9.17, 15) is 9.59 Å². The maximum Gasteiger partial charge on any atom is 0.338 e. The molecule has 5 nitrogen and oxygen atoms in total. The number of hydrogen-bond acceptors (Lipinski definition) is 4. The molecule has 0 atom stereocenters. The van der Waals surface area contributed by atoms with Crippen molar-refractivity contribution in [2.45, 2.75) is 6.92 Å². The first-order valence-electron chi connectivity index (χ1n) is 5.11. The van der Waals surface area contributed by atoms with Crippen molar-refractivity contribution in [3.63, 3.8) is 0 Å². The van der Waals surface area contributed by atoms with Crippen LogP contribution in [-0.4, -0.2) is 32.6 Å². The fourth-order valence-electron chi connectivity index (χ4n) is 1.23. The summed E-state index contributed by atoms with van der Waals surface area (Å²) in [6, 6.07) is 4.97. The molecule has 1 amide bonds. The Balaban J connectivity index is 2.72. The fraction of sp³-hybridized carbons (Fsp3) is 0.333. The number of ether oxygens (including phenoxy) is 2. The van der Waals surface area contributed by atoms with E-state index in [1.54, 1.807) is 18.2 Å². The normalized spacial score (nSPS) is 9.59. The van der Waals surface area contributed by atoms with Gasteiger partial charge in [-0.1, -0.05) is 6.07 Å². The molecular formula is C12H15NO4. The van der Waals surface area contributed by atoms with Crippen molar-refractivity contribution in [3.8, 4) is 5.75 Å². The van der Waals surface area contributed by atoms with Gasteiger partial charge in [-0.25, -0.2) is 4.79 Å². The summed E-state index contributed by atoms with van der Waals surface area (Å²) >= 11 is 0. The van der Waals surface area contributed by atoms with Gasteiger partial charge >= 0.3 is 5.97 Å². The molecule has 1 aromatic rings. The Labute approximate surface area is 99.7 Å². The van der Waals surface area contributed by atoms with E-state index in [1.807, 2.05) is 6.92 Å². The minimum absolute atomic E-state index is 0.286. The summed E-state index contributed by atoms with van der Waals surface area (Å²) in [5, 5.41) is 2.36. The molecule has 0 heterocycles. The molecule has 0 saturated carbocycles. The minimum atomic E-state index is -0.549. The van der Waals surface area contributed by atoms with Gasteiger partial charge in [0.25, 0.3) is 5.91 Å². The van der Waals surface area contributed by atoms with Crippen molar-refractivity contribution in [1.82, 2.24) is 5.32 Å². The van der Waals surface area contributed by atoms with Crippen LogP contribution in [0.25, 0.3) is 0 Å². The molecule has 0 fully saturated rings. The topological polar surface area (TPSA) is 64.6 Å². The van der Waals surface area contributed by atoms with Crippen LogP contribution in [0.5, 0.6) is 5.75 Å². The predicted molar refractivity (Wildman–Crippen MR) is 62.1 cm³/mol. The number of methoxy groups -OCH3 is 1. The van der Waals surface area contributed by atoms with Gasteiger partial charge in [0.1, 0.15) is 5.75 Å². The number of carbonyl (C=O) groups excluding carboxylic acids is 2. The molecule has 5 heteroatoms. The summed E-state index contributed by atoms with van der Waals surface area (Å²) in [7, 11) is 3.01. The molecule has 0 aliphatic rings. The van der Waals surface area contributed by atoms with E-state index in [4.69, 9.17) is 9.47 Å². The summed E-state index contributed by atoms with van der Waals surface area (Å²) in [6.45, 7) is 1.59. The molecule has 0 bridgehead atoms. The highest BCUT2D eigenvalue weighted by atomic mass is 16.5. The van der Waals surface area contributed by atoms with Gasteiger partial charge in [0.05, 0.1) is 12.7 Å². The Bertz CT molecular complexity index is 429. The van der Waals surface area contributed by atoms with Gasteiger partial charge in [-0.15, -0.1) is 0 Å². The van der Waals surface area contributed by atoms with Crippen LogP contribution >= 0.6 is 0 Å². The average molecular weight is 237 g/mol. The van der Waals surface area contributed by atoms with Crippen molar-refractivity contribution >= 4 is 11.9 Å². The number of aryl methyl sites for hydroxylation is 1. The van der Waals surface area contributed by atoms with E-state index < -0.39 is 5.97 Å². The Hall–Kier alpha value is -2.04. The van der Waals surface area contributed by atoms with Gasteiger partial charge in [-0.2, -0.15) is 0 Å². The fourth-order valence-corrected chi connectivity index (χ4v) is 1.23. The zero-order chi connectivity index (χ0) is 12.8. The summed E-state index contributed by atoms with van der Waals surface area (Å²) in [5.41, 5.74) is 1.28. The smallest absolute Gasteiger partial charge is 0.338 e. The molecule has 0 aromatic heterocycles. The third-order valence-electron chi connectivity index (χ3n) is 2.26. The van der Waals surface area contributed by atoms with Crippen molar-refractivity contribution < 1.29 is 19.1 Å². The van der Waals surface area contributed by atoms with Crippen molar-refractivity contribution in [3.05, 3.63) is 29.3 Å². The lowest BCUT2D eigenvalue weighted by Crippen LogP contribution is -2.25. The van der Waals surface area contributed by atoms with Gasteiger partial charge in [0.2, 0.25) is 0 Å². The van der Waals surface area contributed by atoms with Gasteiger partial charge in [0, 0.05) is 7.05 Å². The summed E-state index contributed by atoms with van der Waals surface area (Å²) < 4.78 is 9.91. The highest BCUT2D eigenvalue weighted by Crippen LogP contribution is 2.19. The molecule has 17 heavy (non-hydrogen) atoms. The van der Waals surface area contributed by atoms with E-state index in [0.717, 1.165) is 5.56 Å². The number of benzene rings is 1. The van der Waals surface area contributed by atoms with Gasteiger partial charge in [-0.3, -0.25) is 4.79 Å². The first kappa shape index (κ1) is 13.0. The SMILES string of the molecule is CNC(=O)COC(=O)c1ccc(C)c(OC)c1. The van der Waals surface area contributed by atoms with Crippen molar-refractivity contribution in [2.24, 2.45) is 0 Å². The quantitative estimate of drug-likeness (QED) is 0.790. The maximum absolute atomic E-state index is 11.6. The zero-order valence-electron chi connectivity index (χ0n) is 10.1. The predicted octanol–water partition coefficient (Wildman–Crippen LogP) is 0.906. The standard InChI is InChI=1S/C12H15NO4/c1-8-4-5-9(6-10(8)16-3)12(15)17-7-11(14)13-2/h4-6H,7H2,1-3H3,(H,13,14). The summed E-state index contributed by atoms with van der Waals surface area (Å²) in [4.78, 5) is 22.5.